The van der Waals surface area contributed by atoms with Crippen LogP contribution in [0, 0.1) is 5.92 Å². The Kier molecular flexibility index (Phi) is 8.66. The minimum Gasteiger partial charge on any atom is -0.444 e. The molecule has 1 amide bonds. The molecule has 0 aromatic heterocycles. The number of nitrogens with one attached hydrogen (secondary N) is 3. The van der Waals surface area contributed by atoms with Crippen molar-refractivity contribution in [3.63, 3.8) is 0 Å². The Morgan fingerprint density at radius 3 is 2.38 bits per heavy atom. The molecule has 0 radical (unpaired) electrons. The highest BCUT2D eigenvalue weighted by Gasteiger charge is 2.33. The van der Waals surface area contributed by atoms with Gasteiger partial charge in [-0.05, 0) is 57.2 Å². The Hall–Kier alpha value is -1.51. The van der Waals surface area contributed by atoms with Crippen LogP contribution in [0.3, 0.4) is 0 Å². The number of anilines is 1. The fourth-order valence-electron chi connectivity index (χ4n) is 2.39. The molecular formula is C19H31IN4O2. The minimum atomic E-state index is -0.499. The van der Waals surface area contributed by atoms with Gasteiger partial charge in [0.05, 0.1) is 0 Å². The topological polar surface area (TPSA) is 74.8 Å². The van der Waals surface area contributed by atoms with Crippen LogP contribution in [-0.4, -0.2) is 37.3 Å². The molecule has 0 saturated heterocycles. The number of amides is 1. The molecule has 2 rings (SSSR count). The summed E-state index contributed by atoms with van der Waals surface area (Å²) in [5, 5.41) is 9.47. The van der Waals surface area contributed by atoms with Crippen LogP contribution in [0.5, 0.6) is 0 Å². The molecule has 3 N–H and O–H groups in total. The first kappa shape index (κ1) is 22.5. The first-order valence-corrected chi connectivity index (χ1v) is 8.83. The number of nitrogens with zero attached hydrogens (tertiary/aromatic N) is 1. The van der Waals surface area contributed by atoms with Gasteiger partial charge in [0, 0.05) is 25.3 Å². The van der Waals surface area contributed by atoms with Crippen molar-refractivity contribution in [2.75, 3.05) is 18.9 Å². The predicted molar refractivity (Wildman–Crippen MR) is 117 cm³/mol. The van der Waals surface area contributed by atoms with E-state index in [9.17, 15) is 4.79 Å². The zero-order valence-electron chi connectivity index (χ0n) is 16.3. The van der Waals surface area contributed by atoms with Crippen molar-refractivity contribution in [3.8, 4) is 0 Å². The number of hydrogen-bond acceptors (Lipinski definition) is 3. The van der Waals surface area contributed by atoms with Crippen LogP contribution >= 0.6 is 24.0 Å². The molecule has 1 aliphatic carbocycles. The van der Waals surface area contributed by atoms with Gasteiger partial charge < -0.3 is 15.4 Å². The summed E-state index contributed by atoms with van der Waals surface area (Å²) in [6.45, 7) is 8.57. The van der Waals surface area contributed by atoms with E-state index >= 15 is 0 Å². The van der Waals surface area contributed by atoms with Gasteiger partial charge >= 0.3 is 6.09 Å². The van der Waals surface area contributed by atoms with E-state index in [1.54, 1.807) is 7.05 Å². The number of guanidine groups is 1. The zero-order valence-corrected chi connectivity index (χ0v) is 18.6. The summed E-state index contributed by atoms with van der Waals surface area (Å²) in [6.07, 6.45) is 1.66. The molecule has 0 aliphatic heterocycles. The molecule has 2 atom stereocenters. The van der Waals surface area contributed by atoms with Crippen LogP contribution < -0.4 is 16.0 Å². The summed E-state index contributed by atoms with van der Waals surface area (Å²) < 4.78 is 5.24. The van der Waals surface area contributed by atoms with Gasteiger partial charge in [0.1, 0.15) is 5.60 Å². The summed E-state index contributed by atoms with van der Waals surface area (Å²) in [7, 11) is 1.79. The van der Waals surface area contributed by atoms with Gasteiger partial charge in [0.15, 0.2) is 5.96 Å². The van der Waals surface area contributed by atoms with E-state index in [0.29, 0.717) is 6.04 Å². The van der Waals surface area contributed by atoms with Gasteiger partial charge in [-0.2, -0.15) is 0 Å². The average Bonchev–Trinajstić information content (AvgIpc) is 3.21. The maximum atomic E-state index is 11.7. The lowest BCUT2D eigenvalue weighted by molar-refractivity contribution is 0.0636. The van der Waals surface area contributed by atoms with E-state index in [2.05, 4.69) is 27.9 Å². The third-order valence-corrected chi connectivity index (χ3v) is 3.96. The van der Waals surface area contributed by atoms with Gasteiger partial charge in [0.25, 0.3) is 0 Å². The Morgan fingerprint density at radius 1 is 1.27 bits per heavy atom. The molecule has 0 spiro atoms. The highest BCUT2D eigenvalue weighted by molar-refractivity contribution is 14.0. The minimum absolute atomic E-state index is 0. The van der Waals surface area contributed by atoms with Crippen molar-refractivity contribution >= 4 is 41.7 Å². The van der Waals surface area contributed by atoms with Crippen molar-refractivity contribution in [2.45, 2.75) is 52.2 Å². The van der Waals surface area contributed by atoms with E-state index in [1.807, 2.05) is 45.0 Å². The van der Waals surface area contributed by atoms with Crippen molar-refractivity contribution in [3.05, 3.63) is 29.8 Å². The standard InChI is InChI=1S/C19H30N4O2.HI/c1-13-12-16(13)23-17(20-5)21-11-10-14-6-8-15(9-7-14)22-18(24)25-19(2,3)4;/h6-9,13,16H,10-12H2,1-5H3,(H,22,24)(H2,20,21,23);1H. The lowest BCUT2D eigenvalue weighted by atomic mass is 10.1. The molecule has 26 heavy (non-hydrogen) atoms. The number of ether oxygens (including phenoxy) is 1. The van der Waals surface area contributed by atoms with Crippen molar-refractivity contribution in [2.24, 2.45) is 10.9 Å². The van der Waals surface area contributed by atoms with E-state index in [1.165, 1.54) is 12.0 Å². The first-order valence-electron chi connectivity index (χ1n) is 8.83. The largest absolute Gasteiger partial charge is 0.444 e. The van der Waals surface area contributed by atoms with Crippen molar-refractivity contribution in [1.82, 2.24) is 10.6 Å². The van der Waals surface area contributed by atoms with Gasteiger partial charge in [-0.15, -0.1) is 24.0 Å². The van der Waals surface area contributed by atoms with Crippen LogP contribution in [0.1, 0.15) is 39.7 Å². The second-order valence-electron chi connectivity index (χ2n) is 7.54. The van der Waals surface area contributed by atoms with Crippen LogP contribution in [0.4, 0.5) is 10.5 Å². The number of carbonyl (C=O) groups excluding carboxylic acids is 1. The Balaban J connectivity index is 0.00000338. The molecule has 0 bridgehead atoms. The monoisotopic (exact) mass is 474 g/mol. The lowest BCUT2D eigenvalue weighted by Crippen LogP contribution is -2.39. The Bertz CT molecular complexity index is 611. The molecule has 1 aromatic rings. The second kappa shape index (κ2) is 9.99. The molecule has 2 unspecified atom stereocenters. The van der Waals surface area contributed by atoms with E-state index in [4.69, 9.17) is 4.74 Å². The summed E-state index contributed by atoms with van der Waals surface area (Å²) in [5.74, 6) is 1.60. The molecule has 1 fully saturated rings. The third-order valence-electron chi connectivity index (χ3n) is 3.96. The van der Waals surface area contributed by atoms with Gasteiger partial charge in [-0.25, -0.2) is 4.79 Å². The van der Waals surface area contributed by atoms with Crippen LogP contribution in [0.2, 0.25) is 0 Å². The second-order valence-corrected chi connectivity index (χ2v) is 7.54. The first-order chi connectivity index (χ1) is 11.8. The zero-order chi connectivity index (χ0) is 18.4. The van der Waals surface area contributed by atoms with E-state index in [0.717, 1.165) is 30.5 Å². The quantitative estimate of drug-likeness (QED) is 0.345. The number of aliphatic imine (C=N–C) groups is 1. The summed E-state index contributed by atoms with van der Waals surface area (Å²) in [6, 6.07) is 8.35. The summed E-state index contributed by atoms with van der Waals surface area (Å²) in [5.41, 5.74) is 1.42. The fourth-order valence-corrected chi connectivity index (χ4v) is 2.39. The van der Waals surface area contributed by atoms with Crippen LogP contribution in [0.15, 0.2) is 29.3 Å². The smallest absolute Gasteiger partial charge is 0.412 e. The van der Waals surface area contributed by atoms with E-state index in [-0.39, 0.29) is 24.0 Å². The number of halogens is 1. The van der Waals surface area contributed by atoms with E-state index < -0.39 is 11.7 Å². The van der Waals surface area contributed by atoms with Gasteiger partial charge in [-0.3, -0.25) is 10.3 Å². The molecule has 0 heterocycles. The molecular weight excluding hydrogens is 443 g/mol. The summed E-state index contributed by atoms with van der Waals surface area (Å²) in [4.78, 5) is 16.0. The Labute approximate surface area is 173 Å². The van der Waals surface area contributed by atoms with Gasteiger partial charge in [-0.1, -0.05) is 19.1 Å². The molecule has 1 aliphatic rings. The summed E-state index contributed by atoms with van der Waals surface area (Å²) >= 11 is 0. The normalized spacial score (nSPS) is 19.2. The highest BCUT2D eigenvalue weighted by Crippen LogP contribution is 2.28. The third kappa shape index (κ3) is 8.25. The van der Waals surface area contributed by atoms with Crippen LogP contribution in [-0.2, 0) is 11.2 Å². The Morgan fingerprint density at radius 2 is 1.88 bits per heavy atom. The van der Waals surface area contributed by atoms with Crippen LogP contribution in [0.25, 0.3) is 0 Å². The maximum Gasteiger partial charge on any atom is 0.412 e. The van der Waals surface area contributed by atoms with Crippen molar-refractivity contribution in [1.29, 1.82) is 0 Å². The molecule has 1 saturated carbocycles. The number of carbonyl (C=O) groups is 1. The lowest BCUT2D eigenvalue weighted by Gasteiger charge is -2.19. The number of benzene rings is 1. The van der Waals surface area contributed by atoms with Crippen molar-refractivity contribution < 1.29 is 9.53 Å². The average molecular weight is 474 g/mol. The SMILES string of the molecule is CN=C(NCCc1ccc(NC(=O)OC(C)(C)C)cc1)NC1CC1C.I. The molecule has 6 nitrogen and oxygen atoms in total. The fraction of sp³-hybridized carbons (Fsp3) is 0.579. The predicted octanol–water partition coefficient (Wildman–Crippen LogP) is 3.77. The maximum absolute atomic E-state index is 11.7. The highest BCUT2D eigenvalue weighted by atomic mass is 127. The molecule has 1 aromatic carbocycles. The number of hydrogen-bond donors (Lipinski definition) is 3. The molecule has 146 valence electrons. The molecule has 7 heteroatoms. The number of rotatable bonds is 5. The van der Waals surface area contributed by atoms with Gasteiger partial charge in [0.2, 0.25) is 0 Å².